The molecule has 8 heteroatoms. The van der Waals surface area contributed by atoms with E-state index >= 15 is 0 Å². The van der Waals surface area contributed by atoms with Gasteiger partial charge in [-0.1, -0.05) is 24.2 Å². The van der Waals surface area contributed by atoms with Gasteiger partial charge in [0.15, 0.2) is 11.6 Å². The predicted molar refractivity (Wildman–Crippen MR) is 116 cm³/mol. The Balaban J connectivity index is 1.36. The smallest absolute Gasteiger partial charge is 0.305 e. The number of hydrogen-bond donors (Lipinski definition) is 2. The maximum atomic E-state index is 14.8. The molecule has 1 saturated carbocycles. The van der Waals surface area contributed by atoms with Crippen molar-refractivity contribution in [2.45, 2.75) is 56.5 Å². The first-order valence-corrected chi connectivity index (χ1v) is 12.7. The van der Waals surface area contributed by atoms with Crippen LogP contribution in [0.4, 0.5) is 15.9 Å². The minimum absolute atomic E-state index is 0.108. The number of anilines is 2. The van der Waals surface area contributed by atoms with Crippen LogP contribution in [0.25, 0.3) is 0 Å². The molecule has 3 unspecified atom stereocenters. The van der Waals surface area contributed by atoms with Gasteiger partial charge in [-0.25, -0.2) is 4.39 Å². The fourth-order valence-electron chi connectivity index (χ4n) is 4.18. The molecule has 2 aliphatic rings. The molecule has 0 spiro atoms. The van der Waals surface area contributed by atoms with Crippen LogP contribution in [-0.2, 0) is 41.7 Å². The van der Waals surface area contributed by atoms with Crippen LogP contribution in [-0.4, -0.2) is 22.8 Å². The number of H-pyrrole nitrogens is 1. The van der Waals surface area contributed by atoms with E-state index in [-0.39, 0.29) is 21.2 Å². The largest absolute Gasteiger partial charge is 0.465 e. The SMILES string of the molecule is CCCC(=O)OCC1CCC(c2cc(Nc3ccc4c(c3F)CS(=S)C4)n[nH]2)C1. The van der Waals surface area contributed by atoms with Gasteiger partial charge < -0.3 is 10.1 Å². The minimum Gasteiger partial charge on any atom is -0.465 e. The normalized spacial score (nSPS) is 23.2. The molecule has 29 heavy (non-hydrogen) atoms. The van der Waals surface area contributed by atoms with E-state index in [1.807, 2.05) is 19.1 Å². The Morgan fingerprint density at radius 3 is 3.10 bits per heavy atom. The second-order valence-electron chi connectivity index (χ2n) is 7.94. The van der Waals surface area contributed by atoms with Gasteiger partial charge in [-0.2, -0.15) is 5.10 Å². The number of ether oxygens (including phenoxy) is 1. The van der Waals surface area contributed by atoms with Crippen LogP contribution in [0, 0.1) is 11.7 Å². The Kier molecular flexibility index (Phi) is 6.29. The van der Waals surface area contributed by atoms with Crippen molar-refractivity contribution < 1.29 is 13.9 Å². The number of benzene rings is 1. The Hall–Kier alpha value is -1.80. The van der Waals surface area contributed by atoms with E-state index in [0.29, 0.717) is 42.1 Å². The van der Waals surface area contributed by atoms with Gasteiger partial charge in [-0.05, 0) is 43.2 Å². The van der Waals surface area contributed by atoms with Crippen LogP contribution in [0.15, 0.2) is 18.2 Å². The quantitative estimate of drug-likeness (QED) is 0.622. The Morgan fingerprint density at radius 2 is 2.28 bits per heavy atom. The molecule has 1 aromatic carbocycles. The number of carbonyl (C=O) groups excluding carboxylic acids is 1. The highest BCUT2D eigenvalue weighted by Crippen LogP contribution is 2.38. The first kappa shape index (κ1) is 20.5. The molecule has 1 aromatic heterocycles. The van der Waals surface area contributed by atoms with E-state index in [9.17, 15) is 9.18 Å². The molecule has 0 bridgehead atoms. The van der Waals surface area contributed by atoms with Crippen LogP contribution < -0.4 is 5.32 Å². The molecule has 5 nitrogen and oxygen atoms in total. The minimum atomic E-state index is -0.207. The van der Waals surface area contributed by atoms with Crippen molar-refractivity contribution in [2.24, 2.45) is 5.92 Å². The lowest BCUT2D eigenvalue weighted by Crippen LogP contribution is -2.11. The molecule has 156 valence electrons. The molecule has 0 amide bonds. The summed E-state index contributed by atoms with van der Waals surface area (Å²) >= 11 is 5.36. The summed E-state index contributed by atoms with van der Waals surface area (Å²) in [6.45, 7) is 2.47. The average Bonchev–Trinajstić information content (AvgIpc) is 3.42. The van der Waals surface area contributed by atoms with Gasteiger partial charge in [0.1, 0.15) is 0 Å². The molecule has 2 heterocycles. The number of nitrogens with one attached hydrogen (secondary N) is 2. The summed E-state index contributed by atoms with van der Waals surface area (Å²) in [6, 6.07) is 5.70. The molecule has 1 fully saturated rings. The molecule has 0 radical (unpaired) electrons. The molecule has 1 aliphatic carbocycles. The average molecular weight is 436 g/mol. The zero-order chi connectivity index (χ0) is 20.4. The summed E-state index contributed by atoms with van der Waals surface area (Å²) in [5, 5.41) is 10.5. The van der Waals surface area contributed by atoms with E-state index in [2.05, 4.69) is 15.5 Å². The summed E-state index contributed by atoms with van der Waals surface area (Å²) in [4.78, 5) is 11.6. The standard InChI is InChI=1S/C21H26FN3O2S2/c1-2-3-20(26)27-10-13-4-5-14(8-13)18-9-19(25-24-18)23-17-7-6-15-11-29(28)12-16(15)21(17)22/h6-7,9,13-14H,2-5,8,10-12H2,1H3,(H2,23,24,25). The number of rotatable bonds is 7. The van der Waals surface area contributed by atoms with Crippen LogP contribution in [0.2, 0.25) is 0 Å². The summed E-state index contributed by atoms with van der Waals surface area (Å²) in [6.07, 6.45) is 4.34. The zero-order valence-electron chi connectivity index (χ0n) is 16.5. The van der Waals surface area contributed by atoms with Crippen molar-refractivity contribution in [3.63, 3.8) is 0 Å². The number of nitrogens with zero attached hydrogens (tertiary/aromatic N) is 1. The van der Waals surface area contributed by atoms with Gasteiger partial charge in [0, 0.05) is 41.2 Å². The van der Waals surface area contributed by atoms with E-state index in [4.69, 9.17) is 15.9 Å². The molecule has 2 N–H and O–H groups in total. The molecule has 1 aliphatic heterocycles. The van der Waals surface area contributed by atoms with Crippen molar-refractivity contribution in [3.8, 4) is 0 Å². The molecule has 4 rings (SSSR count). The lowest BCUT2D eigenvalue weighted by Gasteiger charge is -2.11. The van der Waals surface area contributed by atoms with Gasteiger partial charge in [0.05, 0.1) is 12.3 Å². The number of halogens is 1. The highest BCUT2D eigenvalue weighted by molar-refractivity contribution is 8.28. The molecular weight excluding hydrogens is 409 g/mol. The van der Waals surface area contributed by atoms with E-state index in [1.165, 1.54) is 0 Å². The maximum Gasteiger partial charge on any atom is 0.305 e. The summed E-state index contributed by atoms with van der Waals surface area (Å²) in [5.74, 6) is 2.49. The highest BCUT2D eigenvalue weighted by Gasteiger charge is 2.28. The van der Waals surface area contributed by atoms with Crippen molar-refractivity contribution in [2.75, 3.05) is 11.9 Å². The molecular formula is C21H26FN3O2S2. The van der Waals surface area contributed by atoms with Gasteiger partial charge in [-0.3, -0.25) is 9.89 Å². The number of fused-ring (bicyclic) bond motifs is 1. The topological polar surface area (TPSA) is 67.0 Å². The molecule has 2 aromatic rings. The third-order valence-corrected chi connectivity index (χ3v) is 7.69. The maximum absolute atomic E-state index is 14.8. The lowest BCUT2D eigenvalue weighted by molar-refractivity contribution is -0.145. The Morgan fingerprint density at radius 1 is 1.41 bits per heavy atom. The van der Waals surface area contributed by atoms with Crippen molar-refractivity contribution in [3.05, 3.63) is 40.8 Å². The number of hydrogen-bond acceptors (Lipinski definition) is 5. The summed E-state index contributed by atoms with van der Waals surface area (Å²) in [5.41, 5.74) is 3.28. The van der Waals surface area contributed by atoms with Crippen LogP contribution in [0.1, 0.15) is 61.8 Å². The summed E-state index contributed by atoms with van der Waals surface area (Å²) in [7, 11) is -0.179. The van der Waals surface area contributed by atoms with E-state index in [0.717, 1.165) is 48.3 Å². The van der Waals surface area contributed by atoms with Gasteiger partial charge >= 0.3 is 5.97 Å². The predicted octanol–water partition coefficient (Wildman–Crippen LogP) is 4.61. The van der Waals surface area contributed by atoms with E-state index in [1.54, 1.807) is 6.07 Å². The van der Waals surface area contributed by atoms with Crippen molar-refractivity contribution in [1.29, 1.82) is 0 Å². The van der Waals surface area contributed by atoms with E-state index < -0.39 is 0 Å². The fourth-order valence-corrected chi connectivity index (χ4v) is 6.27. The number of carbonyl (C=O) groups is 1. The Bertz CT molecular complexity index is 931. The monoisotopic (exact) mass is 435 g/mol. The first-order chi connectivity index (χ1) is 14.0. The molecule has 3 atom stereocenters. The van der Waals surface area contributed by atoms with Crippen LogP contribution in [0.3, 0.4) is 0 Å². The zero-order valence-corrected chi connectivity index (χ0v) is 18.1. The molecule has 0 saturated heterocycles. The first-order valence-electron chi connectivity index (χ1n) is 10.2. The second-order valence-corrected chi connectivity index (χ2v) is 10.8. The third-order valence-electron chi connectivity index (χ3n) is 5.74. The fraction of sp³-hybridized carbons (Fsp3) is 0.524. The second kappa shape index (κ2) is 8.92. The number of aromatic nitrogens is 2. The van der Waals surface area contributed by atoms with Crippen LogP contribution >= 0.6 is 0 Å². The highest BCUT2D eigenvalue weighted by atomic mass is 32.8. The van der Waals surface area contributed by atoms with Crippen molar-refractivity contribution in [1.82, 2.24) is 10.2 Å². The van der Waals surface area contributed by atoms with Gasteiger partial charge in [0.25, 0.3) is 0 Å². The van der Waals surface area contributed by atoms with Crippen LogP contribution in [0.5, 0.6) is 0 Å². The lowest BCUT2D eigenvalue weighted by atomic mass is 10.0. The van der Waals surface area contributed by atoms with Gasteiger partial charge in [0.2, 0.25) is 0 Å². The number of aromatic amines is 1. The summed E-state index contributed by atoms with van der Waals surface area (Å²) < 4.78 is 20.2. The Labute approximate surface area is 177 Å². The number of esters is 1. The van der Waals surface area contributed by atoms with Gasteiger partial charge in [-0.15, -0.1) is 9.45 Å². The van der Waals surface area contributed by atoms with Crippen molar-refractivity contribution >= 4 is 38.1 Å². The third kappa shape index (κ3) is 4.69.